The Morgan fingerprint density at radius 3 is 2.75 bits per heavy atom. The van der Waals surface area contributed by atoms with Gasteiger partial charge in [0, 0.05) is 32.3 Å². The van der Waals surface area contributed by atoms with E-state index in [4.69, 9.17) is 4.74 Å². The van der Waals surface area contributed by atoms with E-state index in [2.05, 4.69) is 17.1 Å². The fraction of sp³-hybridized carbons (Fsp3) is 1.00. The molecule has 1 unspecified atom stereocenters. The summed E-state index contributed by atoms with van der Waals surface area (Å²) >= 11 is 0. The molecule has 0 amide bonds. The molecular formula is C13H26N2O. The van der Waals surface area contributed by atoms with Gasteiger partial charge in [-0.15, -0.1) is 0 Å². The van der Waals surface area contributed by atoms with Crippen LogP contribution in [0.15, 0.2) is 0 Å². The molecule has 2 rings (SSSR count). The zero-order valence-electron chi connectivity index (χ0n) is 10.6. The van der Waals surface area contributed by atoms with Gasteiger partial charge < -0.3 is 10.1 Å². The Morgan fingerprint density at radius 2 is 2.12 bits per heavy atom. The van der Waals surface area contributed by atoms with E-state index in [0.717, 1.165) is 38.3 Å². The van der Waals surface area contributed by atoms with Crippen molar-refractivity contribution in [2.45, 2.75) is 38.6 Å². The Balaban J connectivity index is 1.51. The number of hydrogen-bond acceptors (Lipinski definition) is 3. The van der Waals surface area contributed by atoms with Gasteiger partial charge >= 0.3 is 0 Å². The maximum Gasteiger partial charge on any atom is 0.0507 e. The van der Waals surface area contributed by atoms with Crippen molar-refractivity contribution in [1.82, 2.24) is 10.2 Å². The normalized spacial score (nSPS) is 25.5. The molecule has 0 aromatic carbocycles. The number of nitrogens with zero attached hydrogens (tertiary/aromatic N) is 1. The lowest BCUT2D eigenvalue weighted by molar-refractivity contribution is 0.184. The van der Waals surface area contributed by atoms with Gasteiger partial charge in [-0.25, -0.2) is 0 Å². The Labute approximate surface area is 99.5 Å². The standard InChI is InChI=1S/C13H26N2O/c1-2-7-15(13-3-4-13)8-6-14-10-12-5-9-16-11-12/h12-14H,2-11H2,1H3. The van der Waals surface area contributed by atoms with Crippen LogP contribution in [-0.2, 0) is 4.74 Å². The van der Waals surface area contributed by atoms with Crippen molar-refractivity contribution in [2.75, 3.05) is 39.4 Å². The van der Waals surface area contributed by atoms with Crippen LogP contribution in [0.1, 0.15) is 32.6 Å². The molecule has 0 aromatic heterocycles. The van der Waals surface area contributed by atoms with Gasteiger partial charge in [-0.05, 0) is 38.1 Å². The van der Waals surface area contributed by atoms with Crippen molar-refractivity contribution in [3.8, 4) is 0 Å². The average Bonchev–Trinajstić information content (AvgIpc) is 3.01. The highest BCUT2D eigenvalue weighted by Gasteiger charge is 2.27. The van der Waals surface area contributed by atoms with Gasteiger partial charge in [0.15, 0.2) is 0 Å². The first-order valence-corrected chi connectivity index (χ1v) is 6.92. The predicted octanol–water partition coefficient (Wildman–Crippen LogP) is 1.49. The van der Waals surface area contributed by atoms with E-state index >= 15 is 0 Å². The molecule has 1 aliphatic heterocycles. The van der Waals surface area contributed by atoms with E-state index in [1.165, 1.54) is 38.8 Å². The number of hydrogen-bond donors (Lipinski definition) is 1. The number of rotatable bonds is 8. The van der Waals surface area contributed by atoms with Crippen LogP contribution in [0.5, 0.6) is 0 Å². The van der Waals surface area contributed by atoms with Crippen LogP contribution >= 0.6 is 0 Å². The van der Waals surface area contributed by atoms with Gasteiger partial charge in [-0.1, -0.05) is 6.92 Å². The minimum atomic E-state index is 0.764. The summed E-state index contributed by atoms with van der Waals surface area (Å²) < 4.78 is 5.37. The summed E-state index contributed by atoms with van der Waals surface area (Å²) in [6, 6.07) is 0.913. The second kappa shape index (κ2) is 6.58. The quantitative estimate of drug-likeness (QED) is 0.635. The first kappa shape index (κ1) is 12.3. The summed E-state index contributed by atoms with van der Waals surface area (Å²) in [7, 11) is 0. The van der Waals surface area contributed by atoms with E-state index < -0.39 is 0 Å². The summed E-state index contributed by atoms with van der Waals surface area (Å²) in [6.07, 6.45) is 5.38. The largest absolute Gasteiger partial charge is 0.381 e. The first-order valence-electron chi connectivity index (χ1n) is 6.92. The van der Waals surface area contributed by atoms with E-state index in [1.54, 1.807) is 0 Å². The lowest BCUT2D eigenvalue weighted by Crippen LogP contribution is -2.36. The molecule has 1 heterocycles. The third-order valence-corrected chi connectivity index (χ3v) is 3.61. The van der Waals surface area contributed by atoms with Crippen molar-refractivity contribution >= 4 is 0 Å². The zero-order valence-corrected chi connectivity index (χ0v) is 10.6. The SMILES string of the molecule is CCCN(CCNCC1CCOC1)C1CC1. The third-order valence-electron chi connectivity index (χ3n) is 3.61. The molecule has 2 fully saturated rings. The molecule has 2 aliphatic rings. The van der Waals surface area contributed by atoms with Gasteiger partial charge in [0.1, 0.15) is 0 Å². The maximum atomic E-state index is 5.37. The molecule has 1 N–H and O–H groups in total. The van der Waals surface area contributed by atoms with Crippen LogP contribution in [0, 0.1) is 5.92 Å². The summed E-state index contributed by atoms with van der Waals surface area (Å²) in [4.78, 5) is 2.65. The fourth-order valence-electron chi connectivity index (χ4n) is 2.48. The van der Waals surface area contributed by atoms with Crippen LogP contribution in [0.25, 0.3) is 0 Å². The second-order valence-corrected chi connectivity index (χ2v) is 5.20. The highest BCUT2D eigenvalue weighted by Crippen LogP contribution is 2.26. The van der Waals surface area contributed by atoms with Gasteiger partial charge in [0.05, 0.1) is 6.61 Å². The molecule has 0 bridgehead atoms. The van der Waals surface area contributed by atoms with Crippen LogP contribution in [-0.4, -0.2) is 50.3 Å². The number of ether oxygens (including phenoxy) is 1. The Morgan fingerprint density at radius 1 is 1.25 bits per heavy atom. The summed E-state index contributed by atoms with van der Waals surface area (Å²) in [5.74, 6) is 0.764. The molecule has 3 nitrogen and oxygen atoms in total. The molecule has 94 valence electrons. The maximum absolute atomic E-state index is 5.37. The van der Waals surface area contributed by atoms with E-state index in [-0.39, 0.29) is 0 Å². The lowest BCUT2D eigenvalue weighted by atomic mass is 10.1. The van der Waals surface area contributed by atoms with Crippen LogP contribution in [0.4, 0.5) is 0 Å². The topological polar surface area (TPSA) is 24.5 Å². The van der Waals surface area contributed by atoms with Crippen molar-refractivity contribution < 1.29 is 4.74 Å². The average molecular weight is 226 g/mol. The first-order chi connectivity index (χ1) is 7.90. The zero-order chi connectivity index (χ0) is 11.2. The van der Waals surface area contributed by atoms with E-state index in [0.29, 0.717) is 0 Å². The van der Waals surface area contributed by atoms with Crippen molar-refractivity contribution in [3.05, 3.63) is 0 Å². The van der Waals surface area contributed by atoms with Gasteiger partial charge in [0.25, 0.3) is 0 Å². The van der Waals surface area contributed by atoms with Crippen molar-refractivity contribution in [3.63, 3.8) is 0 Å². The summed E-state index contributed by atoms with van der Waals surface area (Å²) in [5.41, 5.74) is 0. The molecule has 0 radical (unpaired) electrons. The minimum Gasteiger partial charge on any atom is -0.381 e. The Bertz CT molecular complexity index is 188. The molecule has 1 aliphatic carbocycles. The van der Waals surface area contributed by atoms with Gasteiger partial charge in [-0.2, -0.15) is 0 Å². The molecule has 0 aromatic rings. The smallest absolute Gasteiger partial charge is 0.0507 e. The molecular weight excluding hydrogens is 200 g/mol. The Kier molecular flexibility index (Phi) is 5.07. The second-order valence-electron chi connectivity index (χ2n) is 5.20. The highest BCUT2D eigenvalue weighted by atomic mass is 16.5. The molecule has 1 saturated heterocycles. The molecule has 16 heavy (non-hydrogen) atoms. The van der Waals surface area contributed by atoms with Gasteiger partial charge in [-0.3, -0.25) is 4.90 Å². The van der Waals surface area contributed by atoms with Crippen molar-refractivity contribution in [1.29, 1.82) is 0 Å². The monoisotopic (exact) mass is 226 g/mol. The minimum absolute atomic E-state index is 0.764. The van der Waals surface area contributed by atoms with Crippen molar-refractivity contribution in [2.24, 2.45) is 5.92 Å². The predicted molar refractivity (Wildman–Crippen MR) is 66.7 cm³/mol. The summed E-state index contributed by atoms with van der Waals surface area (Å²) in [6.45, 7) is 9.01. The van der Waals surface area contributed by atoms with E-state index in [9.17, 15) is 0 Å². The van der Waals surface area contributed by atoms with Crippen LogP contribution in [0.2, 0.25) is 0 Å². The van der Waals surface area contributed by atoms with Crippen LogP contribution < -0.4 is 5.32 Å². The number of nitrogens with one attached hydrogen (secondary N) is 1. The molecule has 1 saturated carbocycles. The third kappa shape index (κ3) is 4.04. The van der Waals surface area contributed by atoms with Crippen LogP contribution in [0.3, 0.4) is 0 Å². The van der Waals surface area contributed by atoms with E-state index in [1.807, 2.05) is 0 Å². The highest BCUT2D eigenvalue weighted by molar-refractivity contribution is 4.84. The molecule has 0 spiro atoms. The van der Waals surface area contributed by atoms with Gasteiger partial charge in [0.2, 0.25) is 0 Å². The fourth-order valence-corrected chi connectivity index (χ4v) is 2.48. The molecule has 3 heteroatoms. The summed E-state index contributed by atoms with van der Waals surface area (Å²) in [5, 5.41) is 3.58. The Hall–Kier alpha value is -0.120. The lowest BCUT2D eigenvalue weighted by Gasteiger charge is -2.21. The molecule has 1 atom stereocenters.